The molecule has 0 saturated heterocycles. The van der Waals surface area contributed by atoms with Crippen LogP contribution in [0.25, 0.3) is 0 Å². The van der Waals surface area contributed by atoms with E-state index in [1.807, 2.05) is 38.9 Å². The van der Waals surface area contributed by atoms with Crippen LogP contribution in [-0.2, 0) is 16.6 Å². The van der Waals surface area contributed by atoms with Gasteiger partial charge in [-0.15, -0.1) is 0 Å². The van der Waals surface area contributed by atoms with Gasteiger partial charge in [0.1, 0.15) is 0 Å². The number of nitrogens with two attached hydrogens (primary N) is 1. The Labute approximate surface area is 122 Å². The van der Waals surface area contributed by atoms with Gasteiger partial charge in [0.25, 0.3) is 0 Å². The second-order valence-corrected chi connectivity index (χ2v) is 7.57. The van der Waals surface area contributed by atoms with E-state index in [-0.39, 0.29) is 5.54 Å². The van der Waals surface area contributed by atoms with Gasteiger partial charge in [-0.1, -0.05) is 12.1 Å². The number of hydrogen-bond acceptors (Lipinski definition) is 4. The number of nitrogens with zero attached hydrogens (tertiary/aromatic N) is 1. The Bertz CT molecular complexity index is 566. The number of likely N-dealkylation sites (N-methyl/N-ethyl adjacent to an activating group) is 1. The molecule has 1 rings (SSSR count). The predicted octanol–water partition coefficient (Wildman–Crippen LogP) is 1.07. The van der Waals surface area contributed by atoms with Crippen LogP contribution in [0, 0.1) is 6.92 Å². The van der Waals surface area contributed by atoms with Crippen LogP contribution in [0.5, 0.6) is 0 Å². The molecule has 114 valence electrons. The van der Waals surface area contributed by atoms with Gasteiger partial charge >= 0.3 is 0 Å². The molecule has 0 radical (unpaired) electrons. The first-order valence-electron chi connectivity index (χ1n) is 6.57. The summed E-state index contributed by atoms with van der Waals surface area (Å²) >= 11 is 0. The summed E-state index contributed by atoms with van der Waals surface area (Å²) in [5, 5.41) is 0. The van der Waals surface area contributed by atoms with Gasteiger partial charge in [0.05, 0.1) is 4.90 Å². The van der Waals surface area contributed by atoms with E-state index in [4.69, 9.17) is 5.73 Å². The standard InChI is InChI=1S/C14H25N3O2S/c1-11-8-12(9-15)6-7-13(11)20(18,19)16-10-14(2,3)17(4)5/h6-8,16H,9-10,15H2,1-5H3. The Morgan fingerprint density at radius 2 is 1.90 bits per heavy atom. The molecule has 0 spiro atoms. The Morgan fingerprint density at radius 3 is 2.35 bits per heavy atom. The molecule has 0 unspecified atom stereocenters. The van der Waals surface area contributed by atoms with E-state index in [0.29, 0.717) is 23.5 Å². The summed E-state index contributed by atoms with van der Waals surface area (Å²) in [6.07, 6.45) is 0. The van der Waals surface area contributed by atoms with Crippen molar-refractivity contribution >= 4 is 10.0 Å². The summed E-state index contributed by atoms with van der Waals surface area (Å²) in [6, 6.07) is 5.17. The van der Waals surface area contributed by atoms with Gasteiger partial charge in [0.15, 0.2) is 0 Å². The molecule has 0 aromatic heterocycles. The minimum atomic E-state index is -3.50. The summed E-state index contributed by atoms with van der Waals surface area (Å²) in [5.41, 5.74) is 6.94. The number of hydrogen-bond donors (Lipinski definition) is 2. The number of aryl methyl sites for hydroxylation is 1. The second kappa shape index (κ2) is 6.22. The van der Waals surface area contributed by atoms with Gasteiger partial charge < -0.3 is 10.6 Å². The van der Waals surface area contributed by atoms with E-state index >= 15 is 0 Å². The van der Waals surface area contributed by atoms with Crippen molar-refractivity contribution < 1.29 is 8.42 Å². The lowest BCUT2D eigenvalue weighted by Crippen LogP contribution is -2.48. The van der Waals surface area contributed by atoms with Crippen LogP contribution >= 0.6 is 0 Å². The highest BCUT2D eigenvalue weighted by molar-refractivity contribution is 7.89. The third kappa shape index (κ3) is 4.02. The molecule has 0 aliphatic rings. The largest absolute Gasteiger partial charge is 0.326 e. The Kier molecular flexibility index (Phi) is 5.32. The summed E-state index contributed by atoms with van der Waals surface area (Å²) in [5.74, 6) is 0. The molecule has 6 heteroatoms. The Balaban J connectivity index is 2.95. The van der Waals surface area contributed by atoms with Crippen LogP contribution in [0.15, 0.2) is 23.1 Å². The van der Waals surface area contributed by atoms with Crippen molar-refractivity contribution in [1.82, 2.24) is 9.62 Å². The van der Waals surface area contributed by atoms with E-state index in [0.717, 1.165) is 5.56 Å². The molecule has 0 bridgehead atoms. The molecule has 0 atom stereocenters. The van der Waals surface area contributed by atoms with E-state index in [2.05, 4.69) is 4.72 Å². The molecular formula is C14H25N3O2S. The fourth-order valence-corrected chi connectivity index (χ4v) is 3.08. The third-order valence-corrected chi connectivity index (χ3v) is 5.23. The van der Waals surface area contributed by atoms with Crippen molar-refractivity contribution in [3.05, 3.63) is 29.3 Å². The van der Waals surface area contributed by atoms with Crippen molar-refractivity contribution in [2.45, 2.75) is 37.8 Å². The molecule has 1 aromatic rings. The zero-order chi connectivity index (χ0) is 15.6. The third-order valence-electron chi connectivity index (χ3n) is 3.67. The first kappa shape index (κ1) is 17.1. The van der Waals surface area contributed by atoms with Gasteiger partial charge in [-0.3, -0.25) is 0 Å². The summed E-state index contributed by atoms with van der Waals surface area (Å²) in [4.78, 5) is 2.30. The van der Waals surface area contributed by atoms with Crippen LogP contribution < -0.4 is 10.5 Å². The second-order valence-electron chi connectivity index (χ2n) is 5.84. The smallest absolute Gasteiger partial charge is 0.240 e. The maximum Gasteiger partial charge on any atom is 0.240 e. The highest BCUT2D eigenvalue weighted by Gasteiger charge is 2.24. The minimum Gasteiger partial charge on any atom is -0.326 e. The van der Waals surface area contributed by atoms with E-state index < -0.39 is 10.0 Å². The minimum absolute atomic E-state index is 0.252. The van der Waals surface area contributed by atoms with Crippen LogP contribution in [0.4, 0.5) is 0 Å². The number of benzene rings is 1. The van der Waals surface area contributed by atoms with Crippen LogP contribution in [-0.4, -0.2) is 39.5 Å². The van der Waals surface area contributed by atoms with Crippen molar-refractivity contribution in [1.29, 1.82) is 0 Å². The molecule has 0 heterocycles. The zero-order valence-corrected chi connectivity index (χ0v) is 13.7. The molecule has 1 aromatic carbocycles. The summed E-state index contributed by atoms with van der Waals surface area (Å²) in [6.45, 7) is 6.51. The van der Waals surface area contributed by atoms with Crippen LogP contribution in [0.2, 0.25) is 0 Å². The molecule has 0 aliphatic heterocycles. The maximum atomic E-state index is 12.4. The average Bonchev–Trinajstić information content (AvgIpc) is 2.36. The van der Waals surface area contributed by atoms with Gasteiger partial charge in [0.2, 0.25) is 10.0 Å². The van der Waals surface area contributed by atoms with Crippen molar-refractivity contribution in [3.63, 3.8) is 0 Å². The highest BCUT2D eigenvalue weighted by atomic mass is 32.2. The first-order valence-corrected chi connectivity index (χ1v) is 8.05. The van der Waals surface area contributed by atoms with E-state index in [9.17, 15) is 8.42 Å². The molecule has 5 nitrogen and oxygen atoms in total. The SMILES string of the molecule is Cc1cc(CN)ccc1S(=O)(=O)NCC(C)(C)N(C)C. The maximum absolute atomic E-state index is 12.4. The number of rotatable bonds is 6. The molecule has 0 saturated carbocycles. The molecule has 0 aliphatic carbocycles. The molecule has 0 amide bonds. The predicted molar refractivity (Wildman–Crippen MR) is 82.0 cm³/mol. The quantitative estimate of drug-likeness (QED) is 0.824. The van der Waals surface area contributed by atoms with Gasteiger partial charge in [0, 0.05) is 18.6 Å². The van der Waals surface area contributed by atoms with E-state index in [1.54, 1.807) is 19.1 Å². The van der Waals surface area contributed by atoms with Crippen molar-refractivity contribution in [2.24, 2.45) is 5.73 Å². The molecule has 0 fully saturated rings. The van der Waals surface area contributed by atoms with Crippen LogP contribution in [0.3, 0.4) is 0 Å². The normalized spacial score (nSPS) is 12.9. The summed E-state index contributed by atoms with van der Waals surface area (Å²) in [7, 11) is 0.352. The van der Waals surface area contributed by atoms with E-state index in [1.165, 1.54) is 0 Å². The lowest BCUT2D eigenvalue weighted by molar-refractivity contribution is 0.199. The highest BCUT2D eigenvalue weighted by Crippen LogP contribution is 2.17. The molecular weight excluding hydrogens is 274 g/mol. The van der Waals surface area contributed by atoms with Gasteiger partial charge in [-0.05, 0) is 52.1 Å². The number of sulfonamides is 1. The van der Waals surface area contributed by atoms with Crippen molar-refractivity contribution in [2.75, 3.05) is 20.6 Å². The zero-order valence-electron chi connectivity index (χ0n) is 12.9. The lowest BCUT2D eigenvalue weighted by Gasteiger charge is -2.32. The van der Waals surface area contributed by atoms with Gasteiger partial charge in [-0.2, -0.15) is 0 Å². The molecule has 20 heavy (non-hydrogen) atoms. The fraction of sp³-hybridized carbons (Fsp3) is 0.571. The Hall–Kier alpha value is -0.950. The van der Waals surface area contributed by atoms with Crippen LogP contribution in [0.1, 0.15) is 25.0 Å². The monoisotopic (exact) mass is 299 g/mol. The Morgan fingerprint density at radius 1 is 1.30 bits per heavy atom. The first-order chi connectivity index (χ1) is 9.10. The average molecular weight is 299 g/mol. The number of nitrogens with one attached hydrogen (secondary N) is 1. The topological polar surface area (TPSA) is 75.4 Å². The van der Waals surface area contributed by atoms with Crippen molar-refractivity contribution in [3.8, 4) is 0 Å². The molecule has 3 N–H and O–H groups in total. The van der Waals surface area contributed by atoms with Gasteiger partial charge in [-0.25, -0.2) is 13.1 Å². The fourth-order valence-electron chi connectivity index (χ4n) is 1.65. The lowest BCUT2D eigenvalue weighted by atomic mass is 10.1. The summed E-state index contributed by atoms with van der Waals surface area (Å²) < 4.78 is 27.4.